The van der Waals surface area contributed by atoms with Crippen molar-refractivity contribution in [2.24, 2.45) is 11.3 Å². The van der Waals surface area contributed by atoms with E-state index in [2.05, 4.69) is 5.32 Å². The Bertz CT molecular complexity index is 1510. The molecule has 0 bridgehead atoms. The molecular formula is C32H32FN3O5. The Morgan fingerprint density at radius 1 is 0.976 bits per heavy atom. The van der Waals surface area contributed by atoms with Crippen molar-refractivity contribution >= 4 is 17.7 Å². The Balaban J connectivity index is 1.31. The summed E-state index contributed by atoms with van der Waals surface area (Å²) in [5, 5.41) is 2.60. The number of nitrogens with zero attached hydrogens (tertiary/aromatic N) is 2. The summed E-state index contributed by atoms with van der Waals surface area (Å²) < 4.78 is 26.4. The summed E-state index contributed by atoms with van der Waals surface area (Å²) in [6.07, 6.45) is 2.54. The number of nitrogens with one attached hydrogen (secondary N) is 1. The van der Waals surface area contributed by atoms with Crippen LogP contribution in [0.4, 0.5) is 4.39 Å². The van der Waals surface area contributed by atoms with E-state index in [1.165, 1.54) is 6.07 Å². The third-order valence-electron chi connectivity index (χ3n) is 8.45. The fourth-order valence-electron chi connectivity index (χ4n) is 5.72. The van der Waals surface area contributed by atoms with Gasteiger partial charge in [0.25, 0.3) is 5.91 Å². The van der Waals surface area contributed by atoms with Gasteiger partial charge in [0.1, 0.15) is 0 Å². The van der Waals surface area contributed by atoms with Crippen LogP contribution in [0.15, 0.2) is 54.6 Å². The minimum Gasteiger partial charge on any atom is -0.435 e. The van der Waals surface area contributed by atoms with E-state index in [0.29, 0.717) is 48.7 Å². The zero-order chi connectivity index (χ0) is 28.7. The van der Waals surface area contributed by atoms with E-state index in [4.69, 9.17) is 14.5 Å². The van der Waals surface area contributed by atoms with Gasteiger partial charge in [-0.15, -0.1) is 0 Å². The van der Waals surface area contributed by atoms with E-state index in [0.717, 1.165) is 24.8 Å². The van der Waals surface area contributed by atoms with Crippen LogP contribution in [0.2, 0.25) is 0 Å². The SMILES string of the molecule is CC(C)(C(=O)NC(=O)C1CCC1)[C@@H]1c2ccc(-c3ccc(C(=O)N4CCOCC4)cc3)nc2Oc2c(F)cccc21. The summed E-state index contributed by atoms with van der Waals surface area (Å²) in [6.45, 7) is 5.69. The van der Waals surface area contributed by atoms with Gasteiger partial charge in [-0.1, -0.05) is 50.6 Å². The number of imide groups is 1. The van der Waals surface area contributed by atoms with Crippen LogP contribution in [0.1, 0.15) is 60.5 Å². The lowest BCUT2D eigenvalue weighted by molar-refractivity contribution is -0.139. The highest BCUT2D eigenvalue weighted by Gasteiger charge is 2.45. The molecule has 3 aliphatic rings. The first-order valence-electron chi connectivity index (χ1n) is 14.0. The molecule has 0 unspecified atom stereocenters. The quantitative estimate of drug-likeness (QED) is 0.471. The number of amides is 3. The lowest BCUT2D eigenvalue weighted by Gasteiger charge is -2.38. The smallest absolute Gasteiger partial charge is 0.254 e. The van der Waals surface area contributed by atoms with Gasteiger partial charge in [-0.05, 0) is 37.1 Å². The number of morpholine rings is 1. The molecule has 0 spiro atoms. The van der Waals surface area contributed by atoms with Crippen LogP contribution >= 0.6 is 0 Å². The van der Waals surface area contributed by atoms with Gasteiger partial charge < -0.3 is 14.4 Å². The Hall–Kier alpha value is -4.11. The van der Waals surface area contributed by atoms with Crippen LogP contribution in [-0.2, 0) is 14.3 Å². The molecule has 2 aliphatic heterocycles. The van der Waals surface area contributed by atoms with E-state index in [-0.39, 0.29) is 29.4 Å². The zero-order valence-corrected chi connectivity index (χ0v) is 23.1. The summed E-state index contributed by atoms with van der Waals surface area (Å²) >= 11 is 0. The van der Waals surface area contributed by atoms with Crippen LogP contribution in [-0.4, -0.2) is 53.9 Å². The topological polar surface area (TPSA) is 97.8 Å². The van der Waals surface area contributed by atoms with Crippen molar-refractivity contribution in [3.8, 4) is 22.9 Å². The Kier molecular flexibility index (Phi) is 7.07. The Morgan fingerprint density at radius 2 is 1.71 bits per heavy atom. The first-order chi connectivity index (χ1) is 19.7. The Morgan fingerprint density at radius 3 is 2.39 bits per heavy atom. The second kappa shape index (κ2) is 10.7. The van der Waals surface area contributed by atoms with Gasteiger partial charge in [0.2, 0.25) is 17.7 Å². The van der Waals surface area contributed by atoms with Gasteiger partial charge >= 0.3 is 0 Å². The maximum atomic E-state index is 15.0. The molecular weight excluding hydrogens is 525 g/mol. The van der Waals surface area contributed by atoms with Crippen molar-refractivity contribution in [3.05, 3.63) is 77.1 Å². The average molecular weight is 558 g/mol. The molecule has 212 valence electrons. The molecule has 0 radical (unpaired) electrons. The maximum absolute atomic E-state index is 15.0. The zero-order valence-electron chi connectivity index (χ0n) is 23.1. The fraction of sp³-hybridized carbons (Fsp3) is 0.375. The van der Waals surface area contributed by atoms with E-state index in [9.17, 15) is 14.4 Å². The number of fused-ring (bicyclic) bond motifs is 2. The molecule has 2 aromatic carbocycles. The first kappa shape index (κ1) is 27.1. The maximum Gasteiger partial charge on any atom is 0.254 e. The molecule has 1 aromatic heterocycles. The predicted molar refractivity (Wildman–Crippen MR) is 149 cm³/mol. The highest BCUT2D eigenvalue weighted by Crippen LogP contribution is 2.52. The average Bonchev–Trinajstić information content (AvgIpc) is 2.95. The van der Waals surface area contributed by atoms with Crippen molar-refractivity contribution in [1.82, 2.24) is 15.2 Å². The monoisotopic (exact) mass is 557 g/mol. The van der Waals surface area contributed by atoms with Crippen molar-refractivity contribution in [2.75, 3.05) is 26.3 Å². The van der Waals surface area contributed by atoms with Gasteiger partial charge in [-0.25, -0.2) is 9.37 Å². The summed E-state index contributed by atoms with van der Waals surface area (Å²) in [5.74, 6) is -1.82. The van der Waals surface area contributed by atoms with Crippen molar-refractivity contribution in [2.45, 2.75) is 39.0 Å². The number of pyridine rings is 1. The molecule has 6 rings (SSSR count). The standard InChI is InChI=1S/C32H32FN3O5/c1-32(2,31(39)35-28(37)20-5-3-6-20)26-22-7-4-8-24(33)27(22)41-29-23(26)13-14-25(34-29)19-9-11-21(12-10-19)30(38)36-15-17-40-18-16-36/h4,7-14,20,26H,3,5-6,15-18H2,1-2H3,(H,35,37,39)/t26-/m0/s1. The number of carbonyl (C=O) groups excluding carboxylic acids is 3. The molecule has 8 nitrogen and oxygen atoms in total. The largest absolute Gasteiger partial charge is 0.435 e. The highest BCUT2D eigenvalue weighted by atomic mass is 19.1. The molecule has 9 heteroatoms. The molecule has 2 fully saturated rings. The highest BCUT2D eigenvalue weighted by molar-refractivity contribution is 5.99. The van der Waals surface area contributed by atoms with Crippen LogP contribution in [0.25, 0.3) is 11.3 Å². The lowest BCUT2D eigenvalue weighted by Crippen LogP contribution is -2.47. The summed E-state index contributed by atoms with van der Waals surface area (Å²) in [7, 11) is 0. The van der Waals surface area contributed by atoms with Gasteiger partial charge in [0.05, 0.1) is 24.3 Å². The Labute approximate surface area is 237 Å². The second-order valence-corrected chi connectivity index (χ2v) is 11.4. The van der Waals surface area contributed by atoms with Crippen molar-refractivity contribution in [3.63, 3.8) is 0 Å². The van der Waals surface area contributed by atoms with E-state index in [1.807, 2.05) is 24.3 Å². The molecule has 3 amide bonds. The van der Waals surface area contributed by atoms with Crippen LogP contribution in [0, 0.1) is 17.2 Å². The first-order valence-corrected chi connectivity index (χ1v) is 14.0. The number of hydrogen-bond donors (Lipinski definition) is 1. The van der Waals surface area contributed by atoms with E-state index >= 15 is 4.39 Å². The van der Waals surface area contributed by atoms with Crippen LogP contribution in [0.3, 0.4) is 0 Å². The number of benzene rings is 2. The minimum atomic E-state index is -1.12. The third-order valence-corrected chi connectivity index (χ3v) is 8.45. The molecule has 3 heterocycles. The summed E-state index contributed by atoms with van der Waals surface area (Å²) in [4.78, 5) is 45.4. The number of halogens is 1. The number of aromatic nitrogens is 1. The predicted octanol–water partition coefficient (Wildman–Crippen LogP) is 5.07. The summed E-state index contributed by atoms with van der Waals surface area (Å²) in [5.41, 5.74) is 1.94. The molecule has 41 heavy (non-hydrogen) atoms. The van der Waals surface area contributed by atoms with E-state index < -0.39 is 23.1 Å². The molecule has 1 saturated carbocycles. The second-order valence-electron chi connectivity index (χ2n) is 11.4. The summed E-state index contributed by atoms with van der Waals surface area (Å²) in [6, 6.07) is 15.5. The number of ether oxygens (including phenoxy) is 2. The third kappa shape index (κ3) is 4.99. The number of carbonyl (C=O) groups is 3. The van der Waals surface area contributed by atoms with Gasteiger partial charge in [0.15, 0.2) is 11.6 Å². The van der Waals surface area contributed by atoms with E-state index in [1.54, 1.807) is 43.0 Å². The van der Waals surface area contributed by atoms with Gasteiger partial charge in [-0.2, -0.15) is 0 Å². The van der Waals surface area contributed by atoms with Crippen molar-refractivity contribution in [1.29, 1.82) is 0 Å². The normalized spacial score (nSPS) is 18.4. The van der Waals surface area contributed by atoms with Gasteiger partial charge in [0, 0.05) is 47.2 Å². The van der Waals surface area contributed by atoms with Crippen LogP contribution in [0.5, 0.6) is 11.6 Å². The van der Waals surface area contributed by atoms with Crippen LogP contribution < -0.4 is 10.1 Å². The molecule has 1 atom stereocenters. The number of rotatable bonds is 5. The van der Waals surface area contributed by atoms with Crippen molar-refractivity contribution < 1.29 is 28.2 Å². The fourth-order valence-corrected chi connectivity index (χ4v) is 5.72. The molecule has 1 N–H and O–H groups in total. The lowest BCUT2D eigenvalue weighted by atomic mass is 9.69. The van der Waals surface area contributed by atoms with Gasteiger partial charge in [-0.3, -0.25) is 19.7 Å². The molecule has 1 aliphatic carbocycles. The number of para-hydroxylation sites is 1. The minimum absolute atomic E-state index is 0.0206. The number of hydrogen-bond acceptors (Lipinski definition) is 6. The molecule has 3 aromatic rings. The molecule has 1 saturated heterocycles.